The van der Waals surface area contributed by atoms with Gasteiger partial charge in [0, 0.05) is 24.3 Å². The minimum Gasteiger partial charge on any atom is -0.462 e. The van der Waals surface area contributed by atoms with E-state index in [1.807, 2.05) is 6.92 Å². The predicted molar refractivity (Wildman–Crippen MR) is 113 cm³/mol. The summed E-state index contributed by atoms with van der Waals surface area (Å²) in [4.78, 5) is 49.9. The van der Waals surface area contributed by atoms with Gasteiger partial charge in [0.05, 0.1) is 18.1 Å². The number of esters is 2. The Morgan fingerprint density at radius 2 is 1.75 bits per heavy atom. The van der Waals surface area contributed by atoms with Crippen LogP contribution in [-0.4, -0.2) is 43.5 Å². The second-order valence-corrected chi connectivity index (χ2v) is 7.25. The fourth-order valence-electron chi connectivity index (χ4n) is 3.16. The van der Waals surface area contributed by atoms with E-state index in [1.165, 1.54) is 29.2 Å². The van der Waals surface area contributed by atoms with Crippen LogP contribution >= 0.6 is 0 Å². The van der Waals surface area contributed by atoms with Gasteiger partial charge in [-0.25, -0.2) is 9.18 Å². The summed E-state index contributed by atoms with van der Waals surface area (Å²) >= 11 is 0. The number of rotatable bonds is 8. The fourth-order valence-corrected chi connectivity index (χ4v) is 3.16. The number of nitrogens with one attached hydrogen (secondary N) is 1. The van der Waals surface area contributed by atoms with Crippen molar-refractivity contribution in [3.63, 3.8) is 0 Å². The van der Waals surface area contributed by atoms with Crippen LogP contribution in [0.15, 0.2) is 48.5 Å². The third-order valence-electron chi connectivity index (χ3n) is 4.78. The molecule has 168 valence electrons. The number of ether oxygens (including phenoxy) is 2. The molecule has 1 atom stereocenters. The van der Waals surface area contributed by atoms with Gasteiger partial charge in [0.1, 0.15) is 5.82 Å². The van der Waals surface area contributed by atoms with Crippen molar-refractivity contribution in [1.82, 2.24) is 0 Å². The number of benzene rings is 2. The number of halogens is 1. The molecule has 1 heterocycles. The van der Waals surface area contributed by atoms with E-state index in [0.29, 0.717) is 23.5 Å². The number of hydrogen-bond donors (Lipinski definition) is 1. The maximum absolute atomic E-state index is 12.9. The number of anilines is 2. The van der Waals surface area contributed by atoms with E-state index in [-0.39, 0.29) is 18.9 Å². The fraction of sp³-hybridized carbons (Fsp3) is 0.304. The molecule has 0 unspecified atom stereocenters. The van der Waals surface area contributed by atoms with Crippen molar-refractivity contribution in [3.8, 4) is 0 Å². The molecule has 0 bridgehead atoms. The minimum absolute atomic E-state index is 0.0429. The number of hydrogen-bond acceptors (Lipinski definition) is 6. The Morgan fingerprint density at radius 1 is 1.06 bits per heavy atom. The molecule has 0 aromatic heterocycles. The van der Waals surface area contributed by atoms with Crippen molar-refractivity contribution in [2.24, 2.45) is 5.92 Å². The first-order valence-electron chi connectivity index (χ1n) is 10.2. The van der Waals surface area contributed by atoms with E-state index in [1.54, 1.807) is 24.3 Å². The lowest BCUT2D eigenvalue weighted by Crippen LogP contribution is -2.28. The molecule has 0 saturated carbocycles. The predicted octanol–water partition coefficient (Wildman–Crippen LogP) is 2.93. The zero-order valence-corrected chi connectivity index (χ0v) is 17.5. The van der Waals surface area contributed by atoms with E-state index in [0.717, 1.165) is 6.42 Å². The van der Waals surface area contributed by atoms with Gasteiger partial charge in [0.15, 0.2) is 6.61 Å². The highest BCUT2D eigenvalue weighted by molar-refractivity contribution is 6.00. The van der Waals surface area contributed by atoms with Crippen molar-refractivity contribution in [2.45, 2.75) is 19.8 Å². The molecule has 1 saturated heterocycles. The highest BCUT2D eigenvalue weighted by Gasteiger charge is 2.36. The molecular weight excluding hydrogens is 419 g/mol. The molecule has 1 aliphatic rings. The smallest absolute Gasteiger partial charge is 0.338 e. The van der Waals surface area contributed by atoms with Gasteiger partial charge in [-0.1, -0.05) is 6.92 Å². The van der Waals surface area contributed by atoms with Gasteiger partial charge in [-0.3, -0.25) is 14.4 Å². The Morgan fingerprint density at radius 3 is 2.41 bits per heavy atom. The summed E-state index contributed by atoms with van der Waals surface area (Å²) in [6.07, 6.45) is 0.677. The lowest BCUT2D eigenvalue weighted by atomic mass is 10.1. The highest BCUT2D eigenvalue weighted by atomic mass is 19.1. The average Bonchev–Trinajstić information content (AvgIpc) is 3.19. The van der Waals surface area contributed by atoms with Gasteiger partial charge >= 0.3 is 11.9 Å². The monoisotopic (exact) mass is 442 g/mol. The lowest BCUT2D eigenvalue weighted by molar-refractivity contribution is -0.151. The van der Waals surface area contributed by atoms with Gasteiger partial charge in [0.25, 0.3) is 5.91 Å². The molecule has 2 aromatic rings. The molecule has 3 rings (SSSR count). The SMILES string of the molecule is CCCOC(=O)c1ccc(N2C[C@H](C(=O)OCC(=O)Nc3ccc(F)cc3)CC2=O)cc1. The summed E-state index contributed by atoms with van der Waals surface area (Å²) < 4.78 is 23.0. The molecule has 2 aromatic carbocycles. The van der Waals surface area contributed by atoms with E-state index in [2.05, 4.69) is 5.32 Å². The summed E-state index contributed by atoms with van der Waals surface area (Å²) in [6, 6.07) is 11.5. The summed E-state index contributed by atoms with van der Waals surface area (Å²) in [7, 11) is 0. The topological polar surface area (TPSA) is 102 Å². The minimum atomic E-state index is -0.713. The van der Waals surface area contributed by atoms with Crippen LogP contribution in [0.1, 0.15) is 30.1 Å². The normalized spacial score (nSPS) is 15.4. The van der Waals surface area contributed by atoms with Crippen molar-refractivity contribution in [2.75, 3.05) is 30.0 Å². The Kier molecular flexibility index (Phi) is 7.54. The van der Waals surface area contributed by atoms with Crippen LogP contribution in [0.25, 0.3) is 0 Å². The Hall–Kier alpha value is -3.75. The molecular formula is C23H23FN2O6. The van der Waals surface area contributed by atoms with E-state index < -0.39 is 36.2 Å². The largest absolute Gasteiger partial charge is 0.462 e. The highest BCUT2D eigenvalue weighted by Crippen LogP contribution is 2.26. The van der Waals surface area contributed by atoms with Crippen LogP contribution in [0.3, 0.4) is 0 Å². The first-order valence-corrected chi connectivity index (χ1v) is 10.2. The van der Waals surface area contributed by atoms with Crippen molar-refractivity contribution in [1.29, 1.82) is 0 Å². The van der Waals surface area contributed by atoms with Crippen LogP contribution in [0, 0.1) is 11.7 Å². The van der Waals surface area contributed by atoms with Crippen LogP contribution in [0.4, 0.5) is 15.8 Å². The number of carbonyl (C=O) groups is 4. The molecule has 9 heteroatoms. The first kappa shape index (κ1) is 22.9. The second-order valence-electron chi connectivity index (χ2n) is 7.25. The van der Waals surface area contributed by atoms with E-state index in [4.69, 9.17) is 9.47 Å². The van der Waals surface area contributed by atoms with Crippen molar-refractivity contribution < 1.29 is 33.0 Å². The van der Waals surface area contributed by atoms with E-state index in [9.17, 15) is 23.6 Å². The van der Waals surface area contributed by atoms with Gasteiger partial charge in [-0.15, -0.1) is 0 Å². The van der Waals surface area contributed by atoms with Crippen LogP contribution in [0.2, 0.25) is 0 Å². The molecule has 1 aliphatic heterocycles. The third-order valence-corrected chi connectivity index (χ3v) is 4.78. The number of amides is 2. The van der Waals surface area contributed by atoms with Gasteiger partial charge < -0.3 is 19.7 Å². The van der Waals surface area contributed by atoms with Gasteiger partial charge in [-0.2, -0.15) is 0 Å². The van der Waals surface area contributed by atoms with Crippen LogP contribution in [0.5, 0.6) is 0 Å². The van der Waals surface area contributed by atoms with Crippen LogP contribution < -0.4 is 10.2 Å². The molecule has 0 spiro atoms. The molecule has 8 nitrogen and oxygen atoms in total. The number of nitrogens with zero attached hydrogens (tertiary/aromatic N) is 1. The molecule has 0 radical (unpaired) electrons. The van der Waals surface area contributed by atoms with Crippen molar-refractivity contribution in [3.05, 3.63) is 59.9 Å². The summed E-state index contributed by atoms with van der Waals surface area (Å²) in [5.74, 6) is -3.08. The zero-order valence-electron chi connectivity index (χ0n) is 17.5. The molecule has 0 aliphatic carbocycles. The molecule has 2 amide bonds. The molecule has 1 fully saturated rings. The molecule has 32 heavy (non-hydrogen) atoms. The zero-order chi connectivity index (χ0) is 23.1. The maximum Gasteiger partial charge on any atom is 0.338 e. The average molecular weight is 442 g/mol. The Bertz CT molecular complexity index is 991. The van der Waals surface area contributed by atoms with Gasteiger partial charge in [-0.05, 0) is 55.0 Å². The van der Waals surface area contributed by atoms with Crippen LogP contribution in [-0.2, 0) is 23.9 Å². The quantitative estimate of drug-likeness (QED) is 0.631. The maximum atomic E-state index is 12.9. The van der Waals surface area contributed by atoms with E-state index >= 15 is 0 Å². The third kappa shape index (κ3) is 5.90. The standard InChI is InChI=1S/C23H23FN2O6/c1-2-11-31-22(29)15-3-9-19(10-4-15)26-13-16(12-21(26)28)23(30)32-14-20(27)25-18-7-5-17(24)6-8-18/h3-10,16H,2,11-14H2,1H3,(H,25,27)/t16-/m1/s1. The molecule has 1 N–H and O–H groups in total. The van der Waals surface area contributed by atoms with Gasteiger partial charge in [0.2, 0.25) is 5.91 Å². The number of carbonyl (C=O) groups excluding carboxylic acids is 4. The van der Waals surface area contributed by atoms with Crippen molar-refractivity contribution >= 4 is 35.1 Å². The second kappa shape index (κ2) is 10.5. The Balaban J connectivity index is 1.51. The Labute approximate surface area is 184 Å². The first-order chi connectivity index (χ1) is 15.4. The summed E-state index contributed by atoms with van der Waals surface area (Å²) in [5, 5.41) is 2.49. The lowest BCUT2D eigenvalue weighted by Gasteiger charge is -2.17. The summed E-state index contributed by atoms with van der Waals surface area (Å²) in [6.45, 7) is 1.82. The summed E-state index contributed by atoms with van der Waals surface area (Å²) in [5.41, 5.74) is 1.29.